The third kappa shape index (κ3) is 6.73. The summed E-state index contributed by atoms with van der Waals surface area (Å²) in [6.45, 7) is 8.39. The number of aromatic nitrogens is 2. The lowest BCUT2D eigenvalue weighted by Crippen LogP contribution is -2.24. The molecule has 6 heteroatoms. The molecular formula is C15H28N4O2. The minimum absolute atomic E-state index is 0.105. The summed E-state index contributed by atoms with van der Waals surface area (Å²) in [5, 5.41) is 15.3. The maximum atomic E-state index is 8.94. The molecule has 1 heterocycles. The summed E-state index contributed by atoms with van der Waals surface area (Å²) < 4.78 is 5.36. The van der Waals surface area contributed by atoms with Gasteiger partial charge in [-0.05, 0) is 25.2 Å². The van der Waals surface area contributed by atoms with Crippen LogP contribution in [0.5, 0.6) is 0 Å². The van der Waals surface area contributed by atoms with Gasteiger partial charge in [-0.25, -0.2) is 9.97 Å². The molecule has 0 unspecified atom stereocenters. The van der Waals surface area contributed by atoms with E-state index in [4.69, 9.17) is 9.84 Å². The summed E-state index contributed by atoms with van der Waals surface area (Å²) >= 11 is 0. The fourth-order valence-electron chi connectivity index (χ4n) is 1.95. The van der Waals surface area contributed by atoms with Crippen LogP contribution in [-0.2, 0) is 11.3 Å². The Kier molecular flexibility index (Phi) is 7.39. The van der Waals surface area contributed by atoms with Crippen molar-refractivity contribution in [1.29, 1.82) is 0 Å². The molecule has 1 aromatic rings. The van der Waals surface area contributed by atoms with Crippen LogP contribution in [0.15, 0.2) is 6.07 Å². The highest BCUT2D eigenvalue weighted by Gasteiger charge is 2.17. The molecule has 0 atom stereocenters. The van der Waals surface area contributed by atoms with Crippen LogP contribution in [0, 0.1) is 5.41 Å². The van der Waals surface area contributed by atoms with Crippen LogP contribution < -0.4 is 10.6 Å². The lowest BCUT2D eigenvalue weighted by molar-refractivity contribution is 0.128. The zero-order chi connectivity index (χ0) is 15.7. The van der Waals surface area contributed by atoms with Gasteiger partial charge in [0.1, 0.15) is 18.2 Å². The van der Waals surface area contributed by atoms with E-state index in [0.29, 0.717) is 19.0 Å². The van der Waals surface area contributed by atoms with Gasteiger partial charge in [-0.2, -0.15) is 0 Å². The largest absolute Gasteiger partial charge is 0.396 e. The van der Waals surface area contributed by atoms with Crippen LogP contribution >= 0.6 is 0 Å². The monoisotopic (exact) mass is 296 g/mol. The van der Waals surface area contributed by atoms with Crippen molar-refractivity contribution in [2.75, 3.05) is 37.4 Å². The van der Waals surface area contributed by atoms with Crippen molar-refractivity contribution in [3.63, 3.8) is 0 Å². The van der Waals surface area contributed by atoms with Crippen molar-refractivity contribution in [2.45, 2.75) is 40.2 Å². The molecule has 0 radical (unpaired) electrons. The van der Waals surface area contributed by atoms with Crippen LogP contribution in [0.2, 0.25) is 0 Å². The average Bonchev–Trinajstić information content (AvgIpc) is 2.49. The van der Waals surface area contributed by atoms with E-state index in [1.165, 1.54) is 0 Å². The molecule has 0 bridgehead atoms. The minimum atomic E-state index is 0.105. The predicted octanol–water partition coefficient (Wildman–Crippen LogP) is 2.27. The molecule has 0 aliphatic heterocycles. The molecule has 1 rings (SSSR count). The van der Waals surface area contributed by atoms with Crippen LogP contribution in [0.4, 0.5) is 11.6 Å². The highest BCUT2D eigenvalue weighted by Crippen LogP contribution is 2.23. The number of hydrogen-bond acceptors (Lipinski definition) is 6. The molecule has 0 saturated heterocycles. The number of anilines is 2. The average molecular weight is 296 g/mol. The van der Waals surface area contributed by atoms with Crippen LogP contribution in [-0.4, -0.2) is 41.9 Å². The first kappa shape index (κ1) is 17.7. The number of nitrogens with one attached hydrogen (secondary N) is 2. The fourth-order valence-corrected chi connectivity index (χ4v) is 1.95. The first-order chi connectivity index (χ1) is 10.0. The van der Waals surface area contributed by atoms with Gasteiger partial charge in [0.05, 0.1) is 0 Å². The SMILES string of the molecule is CCOCc1nc(NC)cc(NCC(C)(C)CCCO)n1. The van der Waals surface area contributed by atoms with Crippen molar-refractivity contribution in [2.24, 2.45) is 5.41 Å². The number of hydrogen-bond donors (Lipinski definition) is 3. The maximum absolute atomic E-state index is 8.94. The smallest absolute Gasteiger partial charge is 0.158 e. The third-order valence-corrected chi connectivity index (χ3v) is 3.22. The highest BCUT2D eigenvalue weighted by molar-refractivity contribution is 5.47. The predicted molar refractivity (Wildman–Crippen MR) is 85.5 cm³/mol. The van der Waals surface area contributed by atoms with Crippen molar-refractivity contribution < 1.29 is 9.84 Å². The second kappa shape index (κ2) is 8.79. The number of aliphatic hydroxyl groups is 1. The van der Waals surface area contributed by atoms with E-state index < -0.39 is 0 Å². The fraction of sp³-hybridized carbons (Fsp3) is 0.733. The quantitative estimate of drug-likeness (QED) is 0.614. The molecule has 0 fully saturated rings. The Hall–Kier alpha value is -1.40. The van der Waals surface area contributed by atoms with Gasteiger partial charge in [-0.3, -0.25) is 0 Å². The Morgan fingerprint density at radius 3 is 2.62 bits per heavy atom. The molecule has 0 amide bonds. The molecule has 0 aromatic carbocycles. The van der Waals surface area contributed by atoms with Gasteiger partial charge in [0.15, 0.2) is 5.82 Å². The van der Waals surface area contributed by atoms with Gasteiger partial charge in [0.25, 0.3) is 0 Å². The molecule has 0 aliphatic rings. The number of rotatable bonds is 10. The van der Waals surface area contributed by atoms with Gasteiger partial charge in [-0.1, -0.05) is 13.8 Å². The summed E-state index contributed by atoms with van der Waals surface area (Å²) in [5.74, 6) is 2.23. The summed E-state index contributed by atoms with van der Waals surface area (Å²) in [7, 11) is 1.84. The van der Waals surface area contributed by atoms with Crippen LogP contribution in [0.1, 0.15) is 39.4 Å². The zero-order valence-electron chi connectivity index (χ0n) is 13.6. The molecule has 120 valence electrons. The molecular weight excluding hydrogens is 268 g/mol. The Bertz CT molecular complexity index is 424. The van der Waals surface area contributed by atoms with E-state index in [-0.39, 0.29) is 12.0 Å². The zero-order valence-corrected chi connectivity index (χ0v) is 13.6. The number of ether oxygens (including phenoxy) is 1. The normalized spacial score (nSPS) is 11.5. The number of nitrogens with zero attached hydrogens (tertiary/aromatic N) is 2. The first-order valence-corrected chi connectivity index (χ1v) is 7.49. The summed E-state index contributed by atoms with van der Waals surface area (Å²) in [5.41, 5.74) is 0.105. The van der Waals surface area contributed by atoms with Gasteiger partial charge in [0.2, 0.25) is 0 Å². The molecule has 0 spiro atoms. The summed E-state index contributed by atoms with van der Waals surface area (Å²) in [4.78, 5) is 8.83. The number of aliphatic hydroxyl groups excluding tert-OH is 1. The van der Waals surface area contributed by atoms with Crippen molar-refractivity contribution >= 4 is 11.6 Å². The minimum Gasteiger partial charge on any atom is -0.396 e. The third-order valence-electron chi connectivity index (χ3n) is 3.22. The van der Waals surface area contributed by atoms with Crippen molar-refractivity contribution in [1.82, 2.24) is 9.97 Å². The Balaban J connectivity index is 2.68. The van der Waals surface area contributed by atoms with E-state index in [2.05, 4.69) is 34.4 Å². The second-order valence-corrected chi connectivity index (χ2v) is 5.79. The van der Waals surface area contributed by atoms with E-state index in [1.807, 2.05) is 20.0 Å². The topological polar surface area (TPSA) is 79.3 Å². The van der Waals surface area contributed by atoms with Crippen molar-refractivity contribution in [3.8, 4) is 0 Å². The molecule has 21 heavy (non-hydrogen) atoms. The molecule has 3 N–H and O–H groups in total. The van der Waals surface area contributed by atoms with Crippen molar-refractivity contribution in [3.05, 3.63) is 11.9 Å². The Morgan fingerprint density at radius 1 is 1.29 bits per heavy atom. The van der Waals surface area contributed by atoms with Gasteiger partial charge >= 0.3 is 0 Å². The Morgan fingerprint density at radius 2 is 2.00 bits per heavy atom. The lowest BCUT2D eigenvalue weighted by atomic mass is 9.88. The first-order valence-electron chi connectivity index (χ1n) is 7.49. The van der Waals surface area contributed by atoms with Crippen LogP contribution in [0.25, 0.3) is 0 Å². The summed E-state index contributed by atoms with van der Waals surface area (Å²) in [6.07, 6.45) is 1.78. The van der Waals surface area contributed by atoms with E-state index in [0.717, 1.165) is 31.0 Å². The van der Waals surface area contributed by atoms with Gasteiger partial charge < -0.3 is 20.5 Å². The molecule has 0 saturated carbocycles. The van der Waals surface area contributed by atoms with Gasteiger partial charge in [-0.15, -0.1) is 0 Å². The summed E-state index contributed by atoms with van der Waals surface area (Å²) in [6, 6.07) is 1.89. The van der Waals surface area contributed by atoms with Gasteiger partial charge in [0, 0.05) is 32.9 Å². The molecule has 0 aliphatic carbocycles. The van der Waals surface area contributed by atoms with E-state index in [9.17, 15) is 0 Å². The second-order valence-electron chi connectivity index (χ2n) is 5.79. The van der Waals surface area contributed by atoms with E-state index in [1.54, 1.807) is 0 Å². The highest BCUT2D eigenvalue weighted by atomic mass is 16.5. The molecule has 1 aromatic heterocycles. The van der Waals surface area contributed by atoms with E-state index >= 15 is 0 Å². The van der Waals surface area contributed by atoms with Crippen LogP contribution in [0.3, 0.4) is 0 Å². The maximum Gasteiger partial charge on any atom is 0.158 e. The lowest BCUT2D eigenvalue weighted by Gasteiger charge is -2.25. The Labute approximate surface area is 127 Å². The standard InChI is InChI=1S/C15H28N4O2/c1-5-21-10-14-18-12(16-4)9-13(19-14)17-11-15(2,3)7-6-8-20/h9,20H,5-8,10-11H2,1-4H3,(H2,16,17,18,19). The molecule has 6 nitrogen and oxygen atoms in total.